The smallest absolute Gasteiger partial charge is 0.166 e. The molecule has 1 saturated heterocycles. The molecule has 0 atom stereocenters. The molecule has 4 rings (SSSR count). The number of benzene rings is 2. The average Bonchev–Trinajstić information content (AvgIpc) is 2.68. The van der Waals surface area contributed by atoms with Crippen molar-refractivity contribution in [2.24, 2.45) is 5.92 Å². The highest BCUT2D eigenvalue weighted by Gasteiger charge is 2.27. The monoisotopic (exact) mass is 369 g/mol. The van der Waals surface area contributed by atoms with E-state index in [1.807, 2.05) is 0 Å². The summed E-state index contributed by atoms with van der Waals surface area (Å²) in [7, 11) is 0. The van der Waals surface area contributed by atoms with Crippen molar-refractivity contribution in [2.45, 2.75) is 12.8 Å². The summed E-state index contributed by atoms with van der Waals surface area (Å²) in [5.74, 6) is 0.561. The molecule has 3 aromatic rings. The Balaban J connectivity index is 1.51. The van der Waals surface area contributed by atoms with E-state index in [9.17, 15) is 9.18 Å². The highest BCUT2D eigenvalue weighted by atomic mass is 35.5. The minimum atomic E-state index is -0.304. The van der Waals surface area contributed by atoms with Gasteiger partial charge in [0.05, 0.1) is 5.52 Å². The number of hydrogen-bond acceptors (Lipinski definition) is 4. The fourth-order valence-electron chi connectivity index (χ4n) is 3.47. The molecule has 0 aliphatic carbocycles. The van der Waals surface area contributed by atoms with Crippen molar-refractivity contribution in [1.29, 1.82) is 0 Å². The maximum atomic E-state index is 13.6. The Morgan fingerprint density at radius 1 is 1.08 bits per heavy atom. The van der Waals surface area contributed by atoms with Gasteiger partial charge in [-0.1, -0.05) is 11.6 Å². The zero-order chi connectivity index (χ0) is 18.1. The van der Waals surface area contributed by atoms with Crippen LogP contribution in [-0.2, 0) is 0 Å². The summed E-state index contributed by atoms with van der Waals surface area (Å²) in [5, 5.41) is 1.33. The number of hydrogen-bond donors (Lipinski definition) is 0. The van der Waals surface area contributed by atoms with Crippen LogP contribution in [0.15, 0.2) is 48.8 Å². The number of carbonyl (C=O) groups excluding carboxylic acids is 1. The van der Waals surface area contributed by atoms with Crippen LogP contribution in [0.2, 0.25) is 5.02 Å². The lowest BCUT2D eigenvalue weighted by Gasteiger charge is -2.32. The number of halogens is 2. The number of fused-ring (bicyclic) bond motifs is 1. The van der Waals surface area contributed by atoms with Gasteiger partial charge in [0.15, 0.2) is 5.78 Å². The van der Waals surface area contributed by atoms with E-state index in [1.54, 1.807) is 30.3 Å². The molecule has 1 aliphatic rings. The normalized spacial score (nSPS) is 15.4. The van der Waals surface area contributed by atoms with Crippen LogP contribution in [0, 0.1) is 11.7 Å². The number of rotatable bonds is 3. The van der Waals surface area contributed by atoms with Crippen LogP contribution < -0.4 is 4.90 Å². The number of ketones is 1. The van der Waals surface area contributed by atoms with Gasteiger partial charge in [0.2, 0.25) is 0 Å². The first-order valence-electron chi connectivity index (χ1n) is 8.57. The van der Waals surface area contributed by atoms with Gasteiger partial charge in [-0.05, 0) is 55.3 Å². The topological polar surface area (TPSA) is 46.1 Å². The molecule has 0 N–H and O–H groups in total. The summed E-state index contributed by atoms with van der Waals surface area (Å²) in [5.41, 5.74) is 1.41. The van der Waals surface area contributed by atoms with Gasteiger partial charge in [0.25, 0.3) is 0 Å². The van der Waals surface area contributed by atoms with Gasteiger partial charge in [0, 0.05) is 35.0 Å². The minimum absolute atomic E-state index is 0.0164. The molecule has 0 radical (unpaired) electrons. The van der Waals surface area contributed by atoms with E-state index >= 15 is 0 Å². The Morgan fingerprint density at radius 2 is 1.81 bits per heavy atom. The second kappa shape index (κ2) is 7.00. The zero-order valence-corrected chi connectivity index (χ0v) is 14.8. The average molecular weight is 370 g/mol. The van der Waals surface area contributed by atoms with Crippen LogP contribution >= 0.6 is 11.6 Å². The van der Waals surface area contributed by atoms with Gasteiger partial charge in [-0.15, -0.1) is 0 Å². The summed E-state index contributed by atoms with van der Waals surface area (Å²) in [6.45, 7) is 1.40. The van der Waals surface area contributed by atoms with E-state index < -0.39 is 0 Å². The van der Waals surface area contributed by atoms with Gasteiger partial charge >= 0.3 is 0 Å². The standard InChI is InChI=1S/C20H17ClFN3O/c21-15-3-1-13(2-4-15)19(26)14-7-9-25(10-8-14)20-17-11-16(22)5-6-18(17)23-12-24-20/h1-6,11-12,14H,7-10H2. The second-order valence-electron chi connectivity index (χ2n) is 6.49. The van der Waals surface area contributed by atoms with Crippen LogP contribution in [0.1, 0.15) is 23.2 Å². The maximum Gasteiger partial charge on any atom is 0.166 e. The van der Waals surface area contributed by atoms with Crippen LogP contribution in [0.25, 0.3) is 10.9 Å². The Morgan fingerprint density at radius 3 is 2.54 bits per heavy atom. The summed E-state index contributed by atoms with van der Waals surface area (Å²) in [6, 6.07) is 11.6. The van der Waals surface area contributed by atoms with Gasteiger partial charge in [0.1, 0.15) is 18.0 Å². The fraction of sp³-hybridized carbons (Fsp3) is 0.250. The van der Waals surface area contributed by atoms with Crippen LogP contribution in [0.3, 0.4) is 0 Å². The van der Waals surface area contributed by atoms with Crippen LogP contribution in [0.5, 0.6) is 0 Å². The molecule has 4 nitrogen and oxygen atoms in total. The number of anilines is 1. The number of aromatic nitrogens is 2. The van der Waals surface area contributed by atoms with E-state index in [1.165, 1.54) is 18.5 Å². The molecule has 0 amide bonds. The third-order valence-electron chi connectivity index (χ3n) is 4.87. The molecule has 2 aromatic carbocycles. The quantitative estimate of drug-likeness (QED) is 0.637. The van der Waals surface area contributed by atoms with Crippen molar-refractivity contribution < 1.29 is 9.18 Å². The van der Waals surface area contributed by atoms with E-state index in [4.69, 9.17) is 11.6 Å². The molecule has 0 saturated carbocycles. The molecule has 0 bridgehead atoms. The highest BCUT2D eigenvalue weighted by molar-refractivity contribution is 6.30. The summed E-state index contributed by atoms with van der Waals surface area (Å²) < 4.78 is 13.6. The number of piperidine rings is 1. The van der Waals surface area contributed by atoms with Crippen molar-refractivity contribution in [2.75, 3.05) is 18.0 Å². The van der Waals surface area contributed by atoms with Gasteiger partial charge in [-0.2, -0.15) is 0 Å². The zero-order valence-electron chi connectivity index (χ0n) is 14.0. The summed E-state index contributed by atoms with van der Waals surface area (Å²) in [6.07, 6.45) is 2.98. The Hall–Kier alpha value is -2.53. The summed E-state index contributed by atoms with van der Waals surface area (Å²) >= 11 is 5.89. The third kappa shape index (κ3) is 3.27. The lowest BCUT2D eigenvalue weighted by molar-refractivity contribution is 0.0900. The first-order valence-corrected chi connectivity index (χ1v) is 8.94. The lowest BCUT2D eigenvalue weighted by atomic mass is 9.89. The Bertz CT molecular complexity index is 953. The molecule has 1 fully saturated rings. The molecule has 2 heterocycles. The van der Waals surface area contributed by atoms with Crippen molar-refractivity contribution in [3.8, 4) is 0 Å². The van der Waals surface area contributed by atoms with E-state index in [2.05, 4.69) is 14.9 Å². The number of Topliss-reactive ketones (excluding diaryl/α,β-unsaturated/α-hetero) is 1. The van der Waals surface area contributed by atoms with Gasteiger partial charge in [-0.25, -0.2) is 14.4 Å². The summed E-state index contributed by atoms with van der Waals surface area (Å²) in [4.78, 5) is 23.3. The largest absolute Gasteiger partial charge is 0.356 e. The van der Waals surface area contributed by atoms with Gasteiger partial charge in [-0.3, -0.25) is 4.79 Å². The molecule has 1 aliphatic heterocycles. The fourth-order valence-corrected chi connectivity index (χ4v) is 3.60. The first-order chi connectivity index (χ1) is 12.6. The van der Waals surface area contributed by atoms with Crippen molar-refractivity contribution >= 4 is 34.1 Å². The molecule has 6 heteroatoms. The predicted molar refractivity (Wildman–Crippen MR) is 100 cm³/mol. The Labute approximate surface area is 155 Å². The SMILES string of the molecule is O=C(c1ccc(Cl)cc1)C1CCN(c2ncnc3ccc(F)cc23)CC1. The van der Waals surface area contributed by atoms with E-state index in [0.717, 1.165) is 24.2 Å². The Kier molecular flexibility index (Phi) is 4.55. The molecule has 26 heavy (non-hydrogen) atoms. The number of carbonyl (C=O) groups is 1. The molecule has 0 spiro atoms. The van der Waals surface area contributed by atoms with Crippen LogP contribution in [-0.4, -0.2) is 28.8 Å². The molecular weight excluding hydrogens is 353 g/mol. The molecule has 1 aromatic heterocycles. The van der Waals surface area contributed by atoms with Crippen LogP contribution in [0.4, 0.5) is 10.2 Å². The van der Waals surface area contributed by atoms with Crippen molar-refractivity contribution in [3.63, 3.8) is 0 Å². The number of nitrogens with zero attached hydrogens (tertiary/aromatic N) is 3. The van der Waals surface area contributed by atoms with Crippen molar-refractivity contribution in [1.82, 2.24) is 9.97 Å². The highest BCUT2D eigenvalue weighted by Crippen LogP contribution is 2.29. The first kappa shape index (κ1) is 16.9. The molecule has 132 valence electrons. The second-order valence-corrected chi connectivity index (χ2v) is 6.93. The lowest BCUT2D eigenvalue weighted by Crippen LogP contribution is -2.37. The molecule has 0 unspecified atom stereocenters. The van der Waals surface area contributed by atoms with E-state index in [-0.39, 0.29) is 17.5 Å². The van der Waals surface area contributed by atoms with E-state index in [0.29, 0.717) is 29.1 Å². The molecular formula is C20H17ClFN3O. The van der Waals surface area contributed by atoms with Crippen molar-refractivity contribution in [3.05, 3.63) is 65.2 Å². The predicted octanol–water partition coefficient (Wildman–Crippen LogP) is 4.52. The third-order valence-corrected chi connectivity index (χ3v) is 5.12. The minimum Gasteiger partial charge on any atom is -0.356 e. The maximum absolute atomic E-state index is 13.6. The van der Waals surface area contributed by atoms with Gasteiger partial charge < -0.3 is 4.90 Å².